The second-order valence-corrected chi connectivity index (χ2v) is 9.18. The summed E-state index contributed by atoms with van der Waals surface area (Å²) in [6, 6.07) is 0. The predicted molar refractivity (Wildman–Crippen MR) is 92.7 cm³/mol. The van der Waals surface area contributed by atoms with Gasteiger partial charge < -0.3 is 36.0 Å². The molecule has 1 aliphatic rings. The van der Waals surface area contributed by atoms with Gasteiger partial charge in [0.1, 0.15) is 17.7 Å². The largest absolute Gasteiger partial charge is 0.481 e. The molecular weight excluding hydrogens is 465 g/mol. The Hall–Kier alpha value is -1.45. The first-order valence-electron chi connectivity index (χ1n) is 7.42. The number of aliphatic hydroxyl groups is 1. The second-order valence-electron chi connectivity index (χ2n) is 5.77. The maximum Gasteiger partial charge on any atom is 0.481 e. The Morgan fingerprint density at radius 3 is 2.62 bits per heavy atom. The van der Waals surface area contributed by atoms with E-state index < -0.39 is 45.8 Å². The highest BCUT2D eigenvalue weighted by atomic mass is 35.5. The standard InChI is InChI=1S/C10H14ClFN6O9P2/c11-10(12)5(19)3(1-25-29(23,24)27-28(20,21)22)26-8(10)18-2-15-4-6(13)16-9(14)17-7(4)18/h2-3,5,8,19H,1H2,(H,23,24)(H2,20,21,22)(H4,13,14,16,17)/t3-,5-,8-,10-/m1/s1. The molecule has 2 aromatic heterocycles. The van der Waals surface area contributed by atoms with Gasteiger partial charge in [0.2, 0.25) is 5.95 Å². The van der Waals surface area contributed by atoms with E-state index in [1.54, 1.807) is 0 Å². The number of fused-ring (bicyclic) bond motifs is 1. The Bertz CT molecular complexity index is 1030. The molecule has 3 heterocycles. The summed E-state index contributed by atoms with van der Waals surface area (Å²) in [6.07, 6.45) is -4.50. The molecule has 0 radical (unpaired) electrons. The number of nitrogens with zero attached hydrogens (tertiary/aromatic N) is 4. The summed E-state index contributed by atoms with van der Waals surface area (Å²) in [6.45, 7) is -1.02. The number of ether oxygens (including phenoxy) is 1. The van der Waals surface area contributed by atoms with Crippen molar-refractivity contribution in [2.75, 3.05) is 18.1 Å². The van der Waals surface area contributed by atoms with E-state index in [0.717, 1.165) is 10.9 Å². The van der Waals surface area contributed by atoms with Crippen LogP contribution in [0.4, 0.5) is 16.2 Å². The zero-order valence-corrected chi connectivity index (χ0v) is 16.5. The highest BCUT2D eigenvalue weighted by Crippen LogP contribution is 2.58. The second kappa shape index (κ2) is 7.35. The highest BCUT2D eigenvalue weighted by molar-refractivity contribution is 7.60. The minimum atomic E-state index is -5.37. The number of halogens is 2. The van der Waals surface area contributed by atoms with Crippen LogP contribution in [0.1, 0.15) is 6.23 Å². The summed E-state index contributed by atoms with van der Waals surface area (Å²) in [5.74, 6) is -0.371. The van der Waals surface area contributed by atoms with E-state index in [2.05, 4.69) is 23.8 Å². The van der Waals surface area contributed by atoms with Gasteiger partial charge in [-0.1, -0.05) is 11.6 Å². The molecule has 1 fully saturated rings. The van der Waals surface area contributed by atoms with Crippen molar-refractivity contribution in [3.05, 3.63) is 6.33 Å². The fourth-order valence-corrected chi connectivity index (χ4v) is 4.46. The van der Waals surface area contributed by atoms with Crippen LogP contribution in [-0.4, -0.2) is 63.2 Å². The van der Waals surface area contributed by atoms with E-state index in [4.69, 9.17) is 37.6 Å². The molecule has 3 rings (SSSR count). The smallest absolute Gasteiger partial charge is 0.385 e. The molecule has 15 nitrogen and oxygen atoms in total. The highest BCUT2D eigenvalue weighted by Gasteiger charge is 2.58. The number of nitrogens with two attached hydrogens (primary N) is 2. The molecule has 0 spiro atoms. The summed E-state index contributed by atoms with van der Waals surface area (Å²) in [4.78, 5) is 37.8. The fraction of sp³-hybridized carbons (Fsp3) is 0.500. The van der Waals surface area contributed by atoms with E-state index in [1.165, 1.54) is 0 Å². The lowest BCUT2D eigenvalue weighted by Crippen LogP contribution is -2.38. The zero-order chi connectivity index (χ0) is 21.8. The van der Waals surface area contributed by atoms with Crippen LogP contribution in [0.3, 0.4) is 0 Å². The SMILES string of the molecule is Nc1nc(N)c2ncn([C@@H]3O[C@H](COP(=O)(O)OP(=O)(O)O)[C@@H](O)[C@]3(F)Cl)c2n1. The van der Waals surface area contributed by atoms with Crippen molar-refractivity contribution >= 4 is 50.2 Å². The van der Waals surface area contributed by atoms with E-state index in [1.807, 2.05) is 0 Å². The van der Waals surface area contributed by atoms with Crippen LogP contribution < -0.4 is 11.5 Å². The van der Waals surface area contributed by atoms with Crippen LogP contribution in [0, 0.1) is 0 Å². The van der Waals surface area contributed by atoms with E-state index in [0.29, 0.717) is 0 Å². The number of hydrogen-bond acceptors (Lipinski definition) is 11. The van der Waals surface area contributed by atoms with Crippen LogP contribution in [0.2, 0.25) is 0 Å². The molecule has 2 aromatic rings. The van der Waals surface area contributed by atoms with Gasteiger partial charge in [-0.2, -0.15) is 14.3 Å². The summed E-state index contributed by atoms with van der Waals surface area (Å²) in [5, 5.41) is 7.10. The molecule has 19 heteroatoms. The molecule has 29 heavy (non-hydrogen) atoms. The number of aromatic nitrogens is 4. The third kappa shape index (κ3) is 4.51. The third-order valence-electron chi connectivity index (χ3n) is 3.71. The number of imidazole rings is 1. The van der Waals surface area contributed by atoms with Crippen LogP contribution in [-0.2, 0) is 22.7 Å². The number of phosphoric acid groups is 2. The van der Waals surface area contributed by atoms with Crippen LogP contribution in [0.25, 0.3) is 11.2 Å². The molecule has 162 valence electrons. The van der Waals surface area contributed by atoms with Gasteiger partial charge in [0.25, 0.3) is 5.13 Å². The molecule has 1 unspecified atom stereocenters. The average Bonchev–Trinajstić information content (AvgIpc) is 3.04. The average molecular weight is 479 g/mol. The van der Waals surface area contributed by atoms with Gasteiger partial charge in [0.05, 0.1) is 12.9 Å². The number of alkyl halides is 2. The number of rotatable bonds is 6. The van der Waals surface area contributed by atoms with Gasteiger partial charge in [-0.3, -0.25) is 9.09 Å². The maximum absolute atomic E-state index is 15.0. The number of hydrogen-bond donors (Lipinski definition) is 6. The zero-order valence-electron chi connectivity index (χ0n) is 13.9. The van der Waals surface area contributed by atoms with Gasteiger partial charge in [-0.25, -0.2) is 18.5 Å². The third-order valence-corrected chi connectivity index (χ3v) is 6.27. The van der Waals surface area contributed by atoms with E-state index in [-0.39, 0.29) is 22.9 Å². The Balaban J connectivity index is 1.85. The summed E-state index contributed by atoms with van der Waals surface area (Å²) >= 11 is 5.77. The molecule has 0 bridgehead atoms. The Morgan fingerprint density at radius 2 is 2.00 bits per heavy atom. The summed E-state index contributed by atoms with van der Waals surface area (Å²) in [5.41, 5.74) is 11.1. The number of nitrogen functional groups attached to an aromatic ring is 2. The lowest BCUT2D eigenvalue weighted by molar-refractivity contribution is -0.0473. The summed E-state index contributed by atoms with van der Waals surface area (Å²) in [7, 11) is -10.6. The topological polar surface area (TPSA) is 238 Å². The lowest BCUT2D eigenvalue weighted by atomic mass is 10.1. The monoisotopic (exact) mass is 478 g/mol. The maximum atomic E-state index is 15.0. The fourth-order valence-electron chi connectivity index (χ4n) is 2.56. The molecule has 8 N–H and O–H groups in total. The molecule has 0 aromatic carbocycles. The summed E-state index contributed by atoms with van der Waals surface area (Å²) < 4.78 is 51.3. The van der Waals surface area contributed by atoms with Crippen LogP contribution in [0.15, 0.2) is 6.33 Å². The first-order valence-corrected chi connectivity index (χ1v) is 10.8. The molecule has 1 saturated heterocycles. The molecule has 0 aliphatic carbocycles. The van der Waals surface area contributed by atoms with E-state index >= 15 is 0 Å². The van der Waals surface area contributed by atoms with Crippen LogP contribution in [0.5, 0.6) is 0 Å². The molecular formula is C10H14ClFN6O9P2. The first kappa shape index (κ1) is 22.2. The molecule has 5 atom stereocenters. The number of phosphoric ester groups is 1. The minimum absolute atomic E-state index is 0.0411. The van der Waals surface area contributed by atoms with E-state index in [9.17, 15) is 23.5 Å². The molecule has 0 amide bonds. The van der Waals surface area contributed by atoms with Crippen molar-refractivity contribution in [1.82, 2.24) is 19.5 Å². The molecule has 0 saturated carbocycles. The van der Waals surface area contributed by atoms with Gasteiger partial charge in [0, 0.05) is 0 Å². The van der Waals surface area contributed by atoms with Crippen molar-refractivity contribution in [2.24, 2.45) is 0 Å². The first-order chi connectivity index (χ1) is 13.2. The Kier molecular flexibility index (Phi) is 5.64. The van der Waals surface area contributed by atoms with Crippen molar-refractivity contribution in [1.29, 1.82) is 0 Å². The molecule has 1 aliphatic heterocycles. The van der Waals surface area contributed by atoms with Gasteiger partial charge in [-0.15, -0.1) is 0 Å². The number of anilines is 2. The Morgan fingerprint density at radius 1 is 1.34 bits per heavy atom. The van der Waals surface area contributed by atoms with Crippen molar-refractivity contribution in [2.45, 2.75) is 23.6 Å². The van der Waals surface area contributed by atoms with Crippen molar-refractivity contribution < 1.29 is 46.9 Å². The normalized spacial score (nSPS) is 29.9. The number of aliphatic hydroxyl groups excluding tert-OH is 1. The predicted octanol–water partition coefficient (Wildman–Crippen LogP) is -0.620. The quantitative estimate of drug-likeness (QED) is 0.224. The Labute approximate surface area is 165 Å². The van der Waals surface area contributed by atoms with Gasteiger partial charge >= 0.3 is 15.6 Å². The van der Waals surface area contributed by atoms with Crippen LogP contribution >= 0.6 is 27.2 Å². The minimum Gasteiger partial charge on any atom is -0.385 e. The van der Waals surface area contributed by atoms with Crippen molar-refractivity contribution in [3.8, 4) is 0 Å². The lowest BCUT2D eigenvalue weighted by Gasteiger charge is -2.22. The van der Waals surface area contributed by atoms with Gasteiger partial charge in [-0.05, 0) is 0 Å². The van der Waals surface area contributed by atoms with Crippen molar-refractivity contribution in [3.63, 3.8) is 0 Å². The van der Waals surface area contributed by atoms with Gasteiger partial charge in [0.15, 0.2) is 17.7 Å².